The van der Waals surface area contributed by atoms with E-state index in [1.54, 1.807) is 25.6 Å². The summed E-state index contributed by atoms with van der Waals surface area (Å²) >= 11 is 1.72. The maximum absolute atomic E-state index is 5.33. The molecule has 0 amide bonds. The molecule has 0 aliphatic carbocycles. The lowest BCUT2D eigenvalue weighted by molar-refractivity contribution is 0.355. The van der Waals surface area contributed by atoms with Gasteiger partial charge in [0.2, 0.25) is 0 Å². The van der Waals surface area contributed by atoms with Gasteiger partial charge in [0, 0.05) is 6.54 Å². The van der Waals surface area contributed by atoms with Gasteiger partial charge in [-0.3, -0.25) is 0 Å². The molecule has 3 rings (SSSR count). The van der Waals surface area contributed by atoms with Gasteiger partial charge in [-0.15, -0.1) is 12.4 Å². The number of aryl methyl sites for hydroxylation is 1. The largest absolute Gasteiger partial charge is 0.493 e. The number of nitrogens with one attached hydrogen (secondary N) is 1. The van der Waals surface area contributed by atoms with Crippen molar-refractivity contribution in [3.63, 3.8) is 0 Å². The van der Waals surface area contributed by atoms with Gasteiger partial charge in [-0.1, -0.05) is 23.5 Å². The minimum absolute atomic E-state index is 0. The Kier molecular flexibility index (Phi) is 6.30. The number of thiazole rings is 1. The molecule has 0 fully saturated rings. The number of anilines is 1. The number of fused-ring (bicyclic) bond motifs is 1. The maximum atomic E-state index is 5.33. The van der Waals surface area contributed by atoms with Crippen molar-refractivity contribution in [1.82, 2.24) is 4.98 Å². The van der Waals surface area contributed by atoms with Crippen LogP contribution in [-0.4, -0.2) is 25.7 Å². The zero-order valence-corrected chi connectivity index (χ0v) is 14.9. The first-order valence-electron chi connectivity index (χ1n) is 7.44. The molecule has 0 unspecified atom stereocenters. The van der Waals surface area contributed by atoms with Crippen molar-refractivity contribution in [3.8, 4) is 11.5 Å². The summed E-state index contributed by atoms with van der Waals surface area (Å²) in [4.78, 5) is 4.72. The number of hydrogen-bond acceptors (Lipinski definition) is 5. The van der Waals surface area contributed by atoms with Gasteiger partial charge in [-0.05, 0) is 43.0 Å². The highest BCUT2D eigenvalue weighted by atomic mass is 35.5. The van der Waals surface area contributed by atoms with E-state index >= 15 is 0 Å². The molecule has 6 heteroatoms. The Balaban J connectivity index is 0.00000192. The average Bonchev–Trinajstić information content (AvgIpc) is 2.82. The number of methoxy groups -OCH3 is 2. The van der Waals surface area contributed by atoms with E-state index in [4.69, 9.17) is 14.5 Å². The first-order chi connectivity index (χ1) is 10.8. The van der Waals surface area contributed by atoms with Crippen LogP contribution in [0.25, 0.3) is 12.2 Å². The molecule has 1 N–H and O–H groups in total. The Labute approximate surface area is 147 Å². The summed E-state index contributed by atoms with van der Waals surface area (Å²) in [5.41, 5.74) is 2.27. The molecule has 1 aromatic carbocycles. The first kappa shape index (κ1) is 17.6. The molecule has 2 aromatic rings. The number of ether oxygens (including phenoxy) is 2. The zero-order chi connectivity index (χ0) is 15.4. The highest BCUT2D eigenvalue weighted by Gasteiger charge is 2.12. The van der Waals surface area contributed by atoms with Gasteiger partial charge in [0.05, 0.1) is 19.9 Å². The zero-order valence-electron chi connectivity index (χ0n) is 13.3. The number of aromatic nitrogens is 1. The predicted molar refractivity (Wildman–Crippen MR) is 99.3 cm³/mol. The molecule has 0 atom stereocenters. The van der Waals surface area contributed by atoms with Crippen LogP contribution in [0.15, 0.2) is 18.2 Å². The molecular formula is C17H21ClN2O2S. The molecular weight excluding hydrogens is 332 g/mol. The lowest BCUT2D eigenvalue weighted by atomic mass is 10.2. The fourth-order valence-electron chi connectivity index (χ4n) is 2.49. The van der Waals surface area contributed by atoms with Gasteiger partial charge in [0.25, 0.3) is 0 Å². The quantitative estimate of drug-likeness (QED) is 0.879. The normalized spacial score (nSPS) is 13.7. The van der Waals surface area contributed by atoms with Gasteiger partial charge in [-0.25, -0.2) is 4.98 Å². The Bertz CT molecular complexity index is 662. The van der Waals surface area contributed by atoms with Crippen molar-refractivity contribution in [2.24, 2.45) is 0 Å². The summed E-state index contributed by atoms with van der Waals surface area (Å²) in [6.45, 7) is 1.05. The Morgan fingerprint density at radius 1 is 1.13 bits per heavy atom. The van der Waals surface area contributed by atoms with Gasteiger partial charge < -0.3 is 14.8 Å². The van der Waals surface area contributed by atoms with Crippen LogP contribution in [0.2, 0.25) is 0 Å². The molecule has 1 aromatic heterocycles. The molecule has 2 heterocycles. The van der Waals surface area contributed by atoms with Crippen molar-refractivity contribution < 1.29 is 9.47 Å². The fourth-order valence-corrected chi connectivity index (χ4v) is 3.43. The van der Waals surface area contributed by atoms with Crippen molar-refractivity contribution in [2.75, 3.05) is 26.1 Å². The van der Waals surface area contributed by atoms with Crippen LogP contribution in [0.4, 0.5) is 5.00 Å². The second-order valence-electron chi connectivity index (χ2n) is 5.16. The highest BCUT2D eigenvalue weighted by Crippen LogP contribution is 2.31. The van der Waals surface area contributed by atoms with E-state index in [2.05, 4.69) is 17.5 Å². The fraction of sp³-hybridized carbons (Fsp3) is 0.353. The van der Waals surface area contributed by atoms with Crippen molar-refractivity contribution in [3.05, 3.63) is 34.5 Å². The molecule has 1 aliphatic rings. The molecule has 23 heavy (non-hydrogen) atoms. The van der Waals surface area contributed by atoms with E-state index in [-0.39, 0.29) is 12.4 Å². The number of rotatable bonds is 4. The SMILES string of the molecule is COc1ccc(/C=C/c2nc3c(s2)NCCCC3)cc1OC.Cl. The Morgan fingerprint density at radius 2 is 1.96 bits per heavy atom. The van der Waals surface area contributed by atoms with E-state index in [1.165, 1.54) is 23.5 Å². The van der Waals surface area contributed by atoms with E-state index in [1.807, 2.05) is 18.2 Å². The lowest BCUT2D eigenvalue weighted by Gasteiger charge is -2.07. The van der Waals surface area contributed by atoms with E-state index in [9.17, 15) is 0 Å². The lowest BCUT2D eigenvalue weighted by Crippen LogP contribution is -1.96. The monoisotopic (exact) mass is 352 g/mol. The molecule has 0 bridgehead atoms. The van der Waals surface area contributed by atoms with Gasteiger partial charge >= 0.3 is 0 Å². The first-order valence-corrected chi connectivity index (χ1v) is 8.25. The minimum Gasteiger partial charge on any atom is -0.493 e. The molecule has 0 radical (unpaired) electrons. The van der Waals surface area contributed by atoms with E-state index in [0.29, 0.717) is 0 Å². The standard InChI is InChI=1S/C17H20N2O2S.ClH/c1-20-14-8-6-12(11-15(14)21-2)7-9-16-19-13-5-3-4-10-18-17(13)22-16;/h6-9,11,18H,3-5,10H2,1-2H3;1H/b9-7+;. The van der Waals surface area contributed by atoms with Crippen molar-refractivity contribution in [2.45, 2.75) is 19.3 Å². The summed E-state index contributed by atoms with van der Waals surface area (Å²) in [5.74, 6) is 1.48. The molecule has 0 saturated carbocycles. The van der Waals surface area contributed by atoms with Crippen molar-refractivity contribution in [1.29, 1.82) is 0 Å². The third-order valence-corrected chi connectivity index (χ3v) is 4.69. The topological polar surface area (TPSA) is 43.4 Å². The smallest absolute Gasteiger partial charge is 0.161 e. The Hall–Kier alpha value is -1.72. The van der Waals surface area contributed by atoms with E-state index in [0.717, 1.165) is 35.0 Å². The third kappa shape index (κ3) is 4.18. The number of benzene rings is 1. The molecule has 1 aliphatic heterocycles. The summed E-state index contributed by atoms with van der Waals surface area (Å²) in [7, 11) is 3.29. The van der Waals surface area contributed by atoms with Crippen molar-refractivity contribution >= 4 is 40.9 Å². The number of nitrogens with zero attached hydrogens (tertiary/aromatic N) is 1. The summed E-state index contributed by atoms with van der Waals surface area (Å²) in [6, 6.07) is 5.89. The minimum atomic E-state index is 0. The van der Waals surface area contributed by atoms with Gasteiger partial charge in [0.15, 0.2) is 11.5 Å². The molecule has 124 valence electrons. The second-order valence-corrected chi connectivity index (χ2v) is 6.19. The average molecular weight is 353 g/mol. The maximum Gasteiger partial charge on any atom is 0.161 e. The van der Waals surface area contributed by atoms with Crippen LogP contribution in [0.5, 0.6) is 11.5 Å². The molecule has 0 saturated heterocycles. The molecule has 0 spiro atoms. The highest BCUT2D eigenvalue weighted by molar-refractivity contribution is 7.16. The third-order valence-electron chi connectivity index (χ3n) is 3.67. The number of hydrogen-bond donors (Lipinski definition) is 1. The summed E-state index contributed by atoms with van der Waals surface area (Å²) < 4.78 is 10.6. The van der Waals surface area contributed by atoms with Crippen LogP contribution < -0.4 is 14.8 Å². The second kappa shape index (κ2) is 8.22. The van der Waals surface area contributed by atoms with E-state index < -0.39 is 0 Å². The predicted octanol–water partition coefficient (Wildman–Crippen LogP) is 4.50. The Morgan fingerprint density at radius 3 is 2.74 bits per heavy atom. The number of halogens is 1. The summed E-state index contributed by atoms with van der Waals surface area (Å²) in [6.07, 6.45) is 7.62. The van der Waals surface area contributed by atoms with Gasteiger partial charge in [-0.2, -0.15) is 0 Å². The van der Waals surface area contributed by atoms with Crippen LogP contribution in [0.3, 0.4) is 0 Å². The summed E-state index contributed by atoms with van der Waals surface area (Å²) in [5, 5.41) is 5.73. The molecule has 4 nitrogen and oxygen atoms in total. The van der Waals surface area contributed by atoms with Gasteiger partial charge in [0.1, 0.15) is 10.0 Å². The van der Waals surface area contributed by atoms with Crippen LogP contribution in [0, 0.1) is 0 Å². The van der Waals surface area contributed by atoms with Crippen LogP contribution in [-0.2, 0) is 6.42 Å². The van der Waals surface area contributed by atoms with Crippen LogP contribution in [0.1, 0.15) is 29.1 Å². The van der Waals surface area contributed by atoms with Crippen LogP contribution >= 0.6 is 23.7 Å².